The summed E-state index contributed by atoms with van der Waals surface area (Å²) in [5.41, 5.74) is 2.72. The van der Waals surface area contributed by atoms with Gasteiger partial charge in [-0.25, -0.2) is 14.6 Å². The molecule has 8 nitrogen and oxygen atoms in total. The van der Waals surface area contributed by atoms with E-state index in [0.29, 0.717) is 29.4 Å². The molecule has 0 saturated heterocycles. The number of para-hydroxylation sites is 1. The number of rotatable bonds is 8. The average Bonchev–Trinajstić information content (AvgIpc) is 3.12. The maximum Gasteiger partial charge on any atom is 0.254 e. The van der Waals surface area contributed by atoms with Crippen molar-refractivity contribution in [1.82, 2.24) is 30.0 Å². The zero-order valence-corrected chi connectivity index (χ0v) is 19.0. The number of benzene rings is 1. The highest BCUT2D eigenvalue weighted by atomic mass is 16.5. The van der Waals surface area contributed by atoms with Crippen LogP contribution in [0.5, 0.6) is 5.75 Å². The van der Waals surface area contributed by atoms with Crippen LogP contribution >= 0.6 is 0 Å². The van der Waals surface area contributed by atoms with Crippen LogP contribution in [0, 0.1) is 12.3 Å². The molecule has 0 saturated carbocycles. The summed E-state index contributed by atoms with van der Waals surface area (Å²) in [6.45, 7) is 7.52. The SMILES string of the molecule is COc1ccccc1-c1ccnc(-n2ncc(C(=O)NCC(C)(C)CN(C)C)c2C)n1. The summed E-state index contributed by atoms with van der Waals surface area (Å²) in [7, 11) is 5.68. The Balaban J connectivity index is 1.83. The molecule has 2 heterocycles. The van der Waals surface area contributed by atoms with Crippen LogP contribution in [0.25, 0.3) is 17.2 Å². The standard InChI is InChI=1S/C23H30N6O2/c1-16-18(21(30)25-14-23(2,3)15-28(4)5)13-26-29(16)22-24-12-11-19(27-22)17-9-7-8-10-20(17)31-6/h7-13H,14-15H2,1-6H3,(H,25,30). The van der Waals surface area contributed by atoms with Gasteiger partial charge in [0.1, 0.15) is 5.75 Å². The van der Waals surface area contributed by atoms with E-state index in [1.165, 1.54) is 0 Å². The summed E-state index contributed by atoms with van der Waals surface area (Å²) in [4.78, 5) is 23.9. The molecule has 0 radical (unpaired) electrons. The number of carbonyl (C=O) groups is 1. The van der Waals surface area contributed by atoms with Crippen LogP contribution in [-0.4, -0.2) is 64.9 Å². The van der Waals surface area contributed by atoms with Crippen molar-refractivity contribution < 1.29 is 9.53 Å². The second-order valence-electron chi connectivity index (χ2n) is 8.58. The number of hydrogen-bond acceptors (Lipinski definition) is 6. The predicted octanol–water partition coefficient (Wildman–Crippen LogP) is 2.96. The Hall–Kier alpha value is -3.26. The second-order valence-corrected chi connectivity index (χ2v) is 8.58. The zero-order chi connectivity index (χ0) is 22.6. The van der Waals surface area contributed by atoms with Crippen molar-refractivity contribution in [1.29, 1.82) is 0 Å². The number of aromatic nitrogens is 4. The lowest BCUT2D eigenvalue weighted by atomic mass is 9.93. The van der Waals surface area contributed by atoms with Crippen LogP contribution in [-0.2, 0) is 0 Å². The summed E-state index contributed by atoms with van der Waals surface area (Å²) < 4.78 is 7.03. The Labute approximate surface area is 183 Å². The van der Waals surface area contributed by atoms with Crippen LogP contribution in [0.15, 0.2) is 42.7 Å². The number of nitrogens with zero attached hydrogens (tertiary/aromatic N) is 5. The van der Waals surface area contributed by atoms with Gasteiger partial charge < -0.3 is 15.0 Å². The molecule has 3 aromatic rings. The molecular formula is C23H30N6O2. The Morgan fingerprint density at radius 2 is 1.97 bits per heavy atom. The topological polar surface area (TPSA) is 85.2 Å². The van der Waals surface area contributed by atoms with Gasteiger partial charge in [0.2, 0.25) is 0 Å². The summed E-state index contributed by atoms with van der Waals surface area (Å²) >= 11 is 0. The van der Waals surface area contributed by atoms with Crippen LogP contribution in [0.2, 0.25) is 0 Å². The van der Waals surface area contributed by atoms with Crippen LogP contribution in [0.3, 0.4) is 0 Å². The maximum absolute atomic E-state index is 12.8. The Bertz CT molecular complexity index is 1060. The fourth-order valence-electron chi connectivity index (χ4n) is 3.62. The van der Waals surface area contributed by atoms with Crippen molar-refractivity contribution in [3.8, 4) is 23.0 Å². The van der Waals surface area contributed by atoms with E-state index in [2.05, 4.69) is 39.1 Å². The summed E-state index contributed by atoms with van der Waals surface area (Å²) in [6.07, 6.45) is 3.23. The second kappa shape index (κ2) is 9.26. The van der Waals surface area contributed by atoms with Gasteiger partial charge in [-0.15, -0.1) is 0 Å². The molecule has 0 spiro atoms. The van der Waals surface area contributed by atoms with Crippen molar-refractivity contribution in [2.45, 2.75) is 20.8 Å². The van der Waals surface area contributed by atoms with Crippen LogP contribution in [0.4, 0.5) is 0 Å². The van der Waals surface area contributed by atoms with Crippen LogP contribution < -0.4 is 10.1 Å². The first kappa shape index (κ1) is 22.4. The minimum Gasteiger partial charge on any atom is -0.496 e. The molecule has 0 aliphatic rings. The normalized spacial score (nSPS) is 11.6. The monoisotopic (exact) mass is 422 g/mol. The van der Waals surface area contributed by atoms with Gasteiger partial charge in [0, 0.05) is 24.8 Å². The first-order chi connectivity index (χ1) is 14.7. The van der Waals surface area contributed by atoms with Crippen molar-refractivity contribution in [3.05, 3.63) is 54.0 Å². The molecule has 0 bridgehead atoms. The van der Waals surface area contributed by atoms with E-state index in [9.17, 15) is 4.79 Å². The summed E-state index contributed by atoms with van der Waals surface area (Å²) in [5.74, 6) is 0.967. The minimum atomic E-state index is -0.156. The fraction of sp³-hybridized carbons (Fsp3) is 0.391. The van der Waals surface area contributed by atoms with E-state index < -0.39 is 0 Å². The minimum absolute atomic E-state index is 0.0464. The Kier molecular flexibility index (Phi) is 6.70. The van der Waals surface area contributed by atoms with Gasteiger partial charge in [-0.05, 0) is 44.6 Å². The van der Waals surface area contributed by atoms with Crippen molar-refractivity contribution in [2.24, 2.45) is 5.41 Å². The molecular weight excluding hydrogens is 392 g/mol. The third kappa shape index (κ3) is 5.27. The van der Waals surface area contributed by atoms with E-state index in [-0.39, 0.29) is 11.3 Å². The molecule has 0 aliphatic carbocycles. The molecule has 2 aromatic heterocycles. The smallest absolute Gasteiger partial charge is 0.254 e. The lowest BCUT2D eigenvalue weighted by molar-refractivity contribution is 0.0928. The molecule has 0 atom stereocenters. The molecule has 1 N–H and O–H groups in total. The maximum atomic E-state index is 12.8. The number of nitrogens with one attached hydrogen (secondary N) is 1. The third-order valence-corrected chi connectivity index (χ3v) is 4.94. The quantitative estimate of drug-likeness (QED) is 0.601. The number of carbonyl (C=O) groups excluding carboxylic acids is 1. The lowest BCUT2D eigenvalue weighted by Crippen LogP contribution is -2.40. The van der Waals surface area contributed by atoms with Crippen molar-refractivity contribution >= 4 is 5.91 Å². The van der Waals surface area contributed by atoms with Crippen LogP contribution in [0.1, 0.15) is 29.9 Å². The van der Waals surface area contributed by atoms with Crippen molar-refractivity contribution in [2.75, 3.05) is 34.3 Å². The molecule has 8 heteroatoms. The number of ether oxygens (including phenoxy) is 1. The van der Waals surface area contributed by atoms with E-state index >= 15 is 0 Å². The van der Waals surface area contributed by atoms with Gasteiger partial charge in [0.25, 0.3) is 11.9 Å². The predicted molar refractivity (Wildman–Crippen MR) is 121 cm³/mol. The molecule has 1 amide bonds. The lowest BCUT2D eigenvalue weighted by Gasteiger charge is -2.28. The first-order valence-electron chi connectivity index (χ1n) is 10.2. The number of methoxy groups -OCH3 is 1. The molecule has 1 aromatic carbocycles. The van der Waals surface area contributed by atoms with Gasteiger partial charge in [0.15, 0.2) is 0 Å². The Morgan fingerprint density at radius 1 is 1.23 bits per heavy atom. The largest absolute Gasteiger partial charge is 0.496 e. The van der Waals surface area contributed by atoms with Gasteiger partial charge in [-0.1, -0.05) is 26.0 Å². The van der Waals surface area contributed by atoms with Gasteiger partial charge in [-0.2, -0.15) is 5.10 Å². The highest BCUT2D eigenvalue weighted by molar-refractivity contribution is 5.95. The number of hydrogen-bond donors (Lipinski definition) is 1. The van der Waals surface area contributed by atoms with E-state index in [0.717, 1.165) is 17.9 Å². The van der Waals surface area contributed by atoms with E-state index in [4.69, 9.17) is 4.74 Å². The molecule has 31 heavy (non-hydrogen) atoms. The van der Waals surface area contributed by atoms with Gasteiger partial charge >= 0.3 is 0 Å². The van der Waals surface area contributed by atoms with Gasteiger partial charge in [0.05, 0.1) is 30.3 Å². The average molecular weight is 423 g/mol. The Morgan fingerprint density at radius 3 is 2.68 bits per heavy atom. The molecule has 3 rings (SSSR count). The van der Waals surface area contributed by atoms with Crippen molar-refractivity contribution in [3.63, 3.8) is 0 Å². The zero-order valence-electron chi connectivity index (χ0n) is 19.0. The fourth-order valence-corrected chi connectivity index (χ4v) is 3.62. The first-order valence-corrected chi connectivity index (χ1v) is 10.2. The molecule has 0 aliphatic heterocycles. The number of amides is 1. The van der Waals surface area contributed by atoms with E-state index in [1.54, 1.807) is 24.2 Å². The molecule has 0 fully saturated rings. The van der Waals surface area contributed by atoms with Gasteiger partial charge in [-0.3, -0.25) is 4.79 Å². The molecule has 164 valence electrons. The van der Waals surface area contributed by atoms with E-state index in [1.807, 2.05) is 51.4 Å². The molecule has 0 unspecified atom stereocenters. The highest BCUT2D eigenvalue weighted by Gasteiger charge is 2.22. The summed E-state index contributed by atoms with van der Waals surface area (Å²) in [6, 6.07) is 9.48. The third-order valence-electron chi connectivity index (χ3n) is 4.94. The highest BCUT2D eigenvalue weighted by Crippen LogP contribution is 2.28. The summed E-state index contributed by atoms with van der Waals surface area (Å²) in [5, 5.41) is 7.39.